The van der Waals surface area contributed by atoms with Crippen molar-refractivity contribution < 1.29 is 9.90 Å². The fraction of sp³-hybridized carbons (Fsp3) is 0. The fourth-order valence-corrected chi connectivity index (χ4v) is 2.35. The minimum absolute atomic E-state index is 0.0268. The number of fused-ring (bicyclic) bond motifs is 1. The van der Waals surface area contributed by atoms with Crippen LogP contribution in [0.5, 0.6) is 0 Å². The van der Waals surface area contributed by atoms with Crippen LogP contribution in [0.15, 0.2) is 47.5 Å². The molecule has 3 rings (SSSR count). The molecule has 110 valence electrons. The summed E-state index contributed by atoms with van der Waals surface area (Å²) >= 11 is 6.08. The average Bonchev–Trinajstić information content (AvgIpc) is 2.49. The predicted molar refractivity (Wildman–Crippen MR) is 83.7 cm³/mol. The third kappa shape index (κ3) is 2.29. The minimum Gasteiger partial charge on any atom is -0.478 e. The van der Waals surface area contributed by atoms with Crippen molar-refractivity contribution in [1.29, 1.82) is 0 Å². The first-order valence-electron chi connectivity index (χ1n) is 6.27. The highest BCUT2D eigenvalue weighted by Gasteiger charge is 2.12. The summed E-state index contributed by atoms with van der Waals surface area (Å²) in [6, 6.07) is 8.94. The molecule has 22 heavy (non-hydrogen) atoms. The van der Waals surface area contributed by atoms with Gasteiger partial charge in [0.25, 0.3) is 5.56 Å². The first kappa shape index (κ1) is 14.1. The molecule has 1 aromatic heterocycles. The van der Waals surface area contributed by atoms with Crippen LogP contribution in [-0.2, 0) is 0 Å². The molecule has 2 aromatic carbocycles. The summed E-state index contributed by atoms with van der Waals surface area (Å²) in [4.78, 5) is 27.8. The van der Waals surface area contributed by atoms with Crippen molar-refractivity contribution in [2.24, 2.45) is 0 Å². The Labute approximate surface area is 129 Å². The van der Waals surface area contributed by atoms with Gasteiger partial charge in [-0.1, -0.05) is 11.6 Å². The van der Waals surface area contributed by atoms with Crippen LogP contribution in [-0.4, -0.2) is 20.6 Å². The van der Waals surface area contributed by atoms with E-state index in [-0.39, 0.29) is 21.8 Å². The van der Waals surface area contributed by atoms with Gasteiger partial charge in [0, 0.05) is 5.69 Å². The first-order valence-corrected chi connectivity index (χ1v) is 6.65. The van der Waals surface area contributed by atoms with Crippen LogP contribution < -0.4 is 11.3 Å². The van der Waals surface area contributed by atoms with E-state index in [1.54, 1.807) is 12.1 Å². The molecule has 0 amide bonds. The highest BCUT2D eigenvalue weighted by molar-refractivity contribution is 6.32. The number of anilines is 1. The number of benzene rings is 2. The summed E-state index contributed by atoms with van der Waals surface area (Å²) in [6.07, 6.45) is 1.31. The van der Waals surface area contributed by atoms with E-state index in [0.29, 0.717) is 16.6 Å². The average molecular weight is 316 g/mol. The predicted octanol–water partition coefficient (Wildman–Crippen LogP) is 2.32. The summed E-state index contributed by atoms with van der Waals surface area (Å²) in [6.45, 7) is 0. The zero-order valence-electron chi connectivity index (χ0n) is 11.2. The smallest absolute Gasteiger partial charge is 0.335 e. The standard InChI is InChI=1S/C15H10ClN3O3/c16-11-3-1-8(15(21)22)5-13(11)19-7-18-12-4-2-9(17)6-10(12)14(19)20/h1-7H,17H2,(H,21,22). The number of aromatic carboxylic acids is 1. The number of nitrogens with two attached hydrogens (primary N) is 1. The third-order valence-corrected chi connectivity index (χ3v) is 3.55. The van der Waals surface area contributed by atoms with Gasteiger partial charge in [0.2, 0.25) is 0 Å². The second kappa shape index (κ2) is 5.16. The highest BCUT2D eigenvalue weighted by Crippen LogP contribution is 2.21. The molecule has 6 nitrogen and oxygen atoms in total. The Bertz CT molecular complexity index is 966. The van der Waals surface area contributed by atoms with Gasteiger partial charge in [0.1, 0.15) is 6.33 Å². The van der Waals surface area contributed by atoms with Gasteiger partial charge in [-0.3, -0.25) is 9.36 Å². The van der Waals surface area contributed by atoms with E-state index in [2.05, 4.69) is 4.98 Å². The molecule has 3 N–H and O–H groups in total. The van der Waals surface area contributed by atoms with Gasteiger partial charge < -0.3 is 10.8 Å². The normalized spacial score (nSPS) is 10.8. The van der Waals surface area contributed by atoms with Gasteiger partial charge in [-0.25, -0.2) is 9.78 Å². The third-order valence-electron chi connectivity index (χ3n) is 3.23. The topological polar surface area (TPSA) is 98.2 Å². The molecule has 0 saturated carbocycles. The summed E-state index contributed by atoms with van der Waals surface area (Å²) in [7, 11) is 0. The maximum atomic E-state index is 12.6. The molecular formula is C15H10ClN3O3. The van der Waals surface area contributed by atoms with Crippen molar-refractivity contribution >= 4 is 34.2 Å². The van der Waals surface area contributed by atoms with Crippen molar-refractivity contribution in [1.82, 2.24) is 9.55 Å². The Balaban J connectivity index is 2.31. The van der Waals surface area contributed by atoms with Crippen LogP contribution in [0.1, 0.15) is 10.4 Å². The maximum absolute atomic E-state index is 12.6. The SMILES string of the molecule is Nc1ccc2ncn(-c3cc(C(=O)O)ccc3Cl)c(=O)c2c1. The maximum Gasteiger partial charge on any atom is 0.335 e. The lowest BCUT2D eigenvalue weighted by Crippen LogP contribution is -2.19. The lowest BCUT2D eigenvalue weighted by atomic mass is 10.2. The number of rotatable bonds is 2. The number of aromatic nitrogens is 2. The lowest BCUT2D eigenvalue weighted by Gasteiger charge is -2.09. The molecule has 0 atom stereocenters. The Hall–Kier alpha value is -2.86. The minimum atomic E-state index is -1.11. The summed E-state index contributed by atoms with van der Waals surface area (Å²) in [5.41, 5.74) is 6.54. The number of halogens is 1. The Morgan fingerprint density at radius 1 is 1.23 bits per heavy atom. The van der Waals surface area contributed by atoms with Gasteiger partial charge in [-0.15, -0.1) is 0 Å². The molecule has 0 bridgehead atoms. The van der Waals surface area contributed by atoms with Crippen LogP contribution in [0, 0.1) is 0 Å². The van der Waals surface area contributed by atoms with Crippen molar-refractivity contribution in [3.8, 4) is 5.69 Å². The van der Waals surface area contributed by atoms with Gasteiger partial charge in [-0.05, 0) is 36.4 Å². The Morgan fingerprint density at radius 2 is 2.00 bits per heavy atom. The molecule has 7 heteroatoms. The van der Waals surface area contributed by atoms with Crippen molar-refractivity contribution in [3.05, 3.63) is 63.7 Å². The molecule has 0 fully saturated rings. The molecule has 0 unspecified atom stereocenters. The van der Waals surface area contributed by atoms with Gasteiger partial charge in [-0.2, -0.15) is 0 Å². The highest BCUT2D eigenvalue weighted by atomic mass is 35.5. The van der Waals surface area contributed by atoms with E-state index in [0.717, 1.165) is 0 Å². The summed E-state index contributed by atoms with van der Waals surface area (Å²) in [5.74, 6) is -1.11. The molecule has 0 radical (unpaired) electrons. The van der Waals surface area contributed by atoms with Crippen molar-refractivity contribution in [2.75, 3.05) is 5.73 Å². The quantitative estimate of drug-likeness (QED) is 0.707. The zero-order valence-corrected chi connectivity index (χ0v) is 11.9. The van der Waals surface area contributed by atoms with E-state index in [9.17, 15) is 9.59 Å². The van der Waals surface area contributed by atoms with E-state index in [4.69, 9.17) is 22.4 Å². The summed E-state index contributed by atoms with van der Waals surface area (Å²) < 4.78 is 1.20. The number of nitrogen functional groups attached to an aromatic ring is 1. The lowest BCUT2D eigenvalue weighted by molar-refractivity contribution is 0.0697. The molecule has 0 aliphatic carbocycles. The molecule has 0 spiro atoms. The van der Waals surface area contributed by atoms with E-state index >= 15 is 0 Å². The monoisotopic (exact) mass is 315 g/mol. The van der Waals surface area contributed by atoms with Crippen molar-refractivity contribution in [2.45, 2.75) is 0 Å². The molecule has 1 heterocycles. The van der Waals surface area contributed by atoms with Crippen LogP contribution in [0.25, 0.3) is 16.6 Å². The van der Waals surface area contributed by atoms with Gasteiger partial charge in [0.15, 0.2) is 0 Å². The number of carbonyl (C=O) groups is 1. The largest absolute Gasteiger partial charge is 0.478 e. The molecule has 0 aliphatic rings. The van der Waals surface area contributed by atoms with Crippen LogP contribution >= 0.6 is 11.6 Å². The van der Waals surface area contributed by atoms with Gasteiger partial charge in [0.05, 0.1) is 27.2 Å². The number of carboxylic acids is 1. The van der Waals surface area contributed by atoms with E-state index in [1.807, 2.05) is 0 Å². The number of carboxylic acid groups (broad SMARTS) is 1. The van der Waals surface area contributed by atoms with Crippen LogP contribution in [0.4, 0.5) is 5.69 Å². The number of hydrogen-bond donors (Lipinski definition) is 2. The number of nitrogens with zero attached hydrogens (tertiary/aromatic N) is 2. The Morgan fingerprint density at radius 3 is 2.73 bits per heavy atom. The summed E-state index contributed by atoms with van der Waals surface area (Å²) in [5, 5.41) is 9.64. The molecule has 0 aliphatic heterocycles. The van der Waals surface area contributed by atoms with Crippen molar-refractivity contribution in [3.63, 3.8) is 0 Å². The molecular weight excluding hydrogens is 306 g/mol. The second-order valence-corrected chi connectivity index (χ2v) is 5.07. The second-order valence-electron chi connectivity index (χ2n) is 4.67. The van der Waals surface area contributed by atoms with Gasteiger partial charge >= 0.3 is 5.97 Å². The molecule has 0 saturated heterocycles. The Kier molecular flexibility index (Phi) is 3.30. The first-order chi connectivity index (χ1) is 10.5. The zero-order chi connectivity index (χ0) is 15.9. The molecule has 3 aromatic rings. The van der Waals surface area contributed by atoms with Crippen LogP contribution in [0.2, 0.25) is 5.02 Å². The van der Waals surface area contributed by atoms with E-state index in [1.165, 1.54) is 35.2 Å². The van der Waals surface area contributed by atoms with Crippen LogP contribution in [0.3, 0.4) is 0 Å². The number of hydrogen-bond acceptors (Lipinski definition) is 4. The van der Waals surface area contributed by atoms with E-state index < -0.39 is 5.97 Å². The fourth-order valence-electron chi connectivity index (χ4n) is 2.14.